The van der Waals surface area contributed by atoms with Crippen LogP contribution < -0.4 is 0 Å². The van der Waals surface area contributed by atoms with Crippen LogP contribution in [0.25, 0.3) is 0 Å². The molecule has 73 heavy (non-hydrogen) atoms. The smallest absolute Gasteiger partial charge is 0.207 e. The predicted octanol–water partition coefficient (Wildman–Crippen LogP) is 13.8. The number of likely N-dealkylation sites (N-methyl/N-ethyl adjacent to an activating group) is 1. The summed E-state index contributed by atoms with van der Waals surface area (Å²) in [5, 5.41) is 7.86. The number of nitriles is 1. The number of nitrogens with zero attached hydrogens (tertiary/aromatic N) is 2. The molecule has 0 aliphatic carbocycles. The first-order chi connectivity index (χ1) is 33.1. The molecule has 0 N–H and O–H groups in total. The van der Waals surface area contributed by atoms with Crippen molar-refractivity contribution in [2.75, 3.05) is 20.6 Å². The molecule has 0 saturated heterocycles. The average molecular weight is 1050 g/mol. The van der Waals surface area contributed by atoms with E-state index in [-0.39, 0.29) is 98.9 Å². The van der Waals surface area contributed by atoms with E-state index in [1.165, 1.54) is 6.08 Å². The molecule has 11 nitrogen and oxygen atoms in total. The third-order valence-electron chi connectivity index (χ3n) is 8.46. The maximum absolute atomic E-state index is 11.8. The summed E-state index contributed by atoms with van der Waals surface area (Å²) in [5.41, 5.74) is 0.0463. The number of allylic oxidation sites excluding steroid dienone is 6. The highest BCUT2D eigenvalue weighted by molar-refractivity contribution is 6.31. The van der Waals surface area contributed by atoms with Crippen molar-refractivity contribution in [2.24, 2.45) is 53.3 Å². The van der Waals surface area contributed by atoms with Crippen LogP contribution in [0.3, 0.4) is 0 Å². The lowest BCUT2D eigenvalue weighted by Gasteiger charge is -2.03. The number of hydrogen-bond donors (Lipinski definition) is 0. The Morgan fingerprint density at radius 2 is 0.932 bits per heavy atom. The third-order valence-corrected chi connectivity index (χ3v) is 8.67. The molecule has 420 valence electrons. The van der Waals surface area contributed by atoms with E-state index in [1.807, 2.05) is 143 Å². The van der Waals surface area contributed by atoms with Crippen molar-refractivity contribution in [1.29, 1.82) is 5.26 Å². The summed E-state index contributed by atoms with van der Waals surface area (Å²) >= 11 is 5.47. The minimum absolute atomic E-state index is 0.0208. The fourth-order valence-electron chi connectivity index (χ4n) is 3.42. The number of ketones is 9. The number of carbonyl (C=O) groups excluding carboxylic acids is 9. The fourth-order valence-corrected chi connectivity index (χ4v) is 3.68. The molecule has 0 saturated carbocycles. The predicted molar refractivity (Wildman–Crippen MR) is 306 cm³/mol. The summed E-state index contributed by atoms with van der Waals surface area (Å²) in [6.45, 7) is 52.4. The highest BCUT2D eigenvalue weighted by Gasteiger charge is 2.12. The normalized spacial score (nSPS) is 10.2. The van der Waals surface area contributed by atoms with Crippen LogP contribution in [-0.4, -0.2) is 83.0 Å². The van der Waals surface area contributed by atoms with Gasteiger partial charge in [0, 0.05) is 72.6 Å². The van der Waals surface area contributed by atoms with Gasteiger partial charge in [0.25, 0.3) is 0 Å². The molecule has 1 atom stereocenters. The Labute approximate surface area is 450 Å². The van der Waals surface area contributed by atoms with Gasteiger partial charge in [0.1, 0.15) is 17.6 Å². The van der Waals surface area contributed by atoms with Crippen LogP contribution in [0.1, 0.15) is 172 Å². The van der Waals surface area contributed by atoms with Crippen molar-refractivity contribution in [1.82, 2.24) is 4.90 Å². The summed E-state index contributed by atoms with van der Waals surface area (Å²) < 4.78 is 11.8. The van der Waals surface area contributed by atoms with Crippen molar-refractivity contribution in [3.05, 3.63) is 61.5 Å². The van der Waals surface area contributed by atoms with Gasteiger partial charge in [-0.2, -0.15) is 5.26 Å². The van der Waals surface area contributed by atoms with Gasteiger partial charge in [-0.1, -0.05) is 176 Å². The lowest BCUT2D eigenvalue weighted by Crippen LogP contribution is -2.16. The highest BCUT2D eigenvalue weighted by atomic mass is 35.5. The van der Waals surface area contributed by atoms with Crippen LogP contribution in [0, 0.1) is 76.4 Å². The van der Waals surface area contributed by atoms with Gasteiger partial charge in [0.15, 0.2) is 40.5 Å². The topological polar surface area (TPSA) is 181 Å². The molecule has 0 radical (unpaired) electrons. The Kier molecular flexibility index (Phi) is 67.6. The summed E-state index contributed by atoms with van der Waals surface area (Å²) in [4.78, 5) is 97.5. The van der Waals surface area contributed by atoms with E-state index in [4.69, 9.17) is 16.9 Å². The number of rotatable bonds is 19. The highest BCUT2D eigenvalue weighted by Crippen LogP contribution is 2.05. The summed E-state index contributed by atoms with van der Waals surface area (Å²) in [6.07, 6.45) is 9.62. The molecule has 0 rings (SSSR count). The van der Waals surface area contributed by atoms with Gasteiger partial charge in [-0.05, 0) is 59.0 Å². The van der Waals surface area contributed by atoms with Crippen molar-refractivity contribution in [3.63, 3.8) is 0 Å². The van der Waals surface area contributed by atoms with E-state index in [2.05, 4.69) is 31.6 Å². The van der Waals surface area contributed by atoms with E-state index in [0.29, 0.717) is 24.4 Å². The molecule has 0 fully saturated rings. The number of carbonyl (C=O) groups is 9. The molecule has 1 unspecified atom stereocenters. The number of hydrogen-bond acceptors (Lipinski definition) is 11. The van der Waals surface area contributed by atoms with Crippen molar-refractivity contribution in [2.45, 2.75) is 177 Å². The van der Waals surface area contributed by atoms with Gasteiger partial charge < -0.3 is 4.90 Å². The zero-order valence-corrected chi connectivity index (χ0v) is 51.0. The Balaban J connectivity index is -0.0000000905. The number of alkyl halides is 1. The van der Waals surface area contributed by atoms with Crippen molar-refractivity contribution < 1.29 is 47.5 Å². The number of Topliss-reactive ketones (excluding diaryl/α,β-unsaturated/α-hetero) is 6. The van der Waals surface area contributed by atoms with Gasteiger partial charge in [0.2, 0.25) is 5.78 Å². The van der Waals surface area contributed by atoms with E-state index in [1.54, 1.807) is 65.8 Å². The fraction of sp³-hybridized carbons (Fsp3) is 0.633. The average Bonchev–Trinajstić information content (AvgIpc) is 3.30. The van der Waals surface area contributed by atoms with Crippen molar-refractivity contribution >= 4 is 63.7 Å². The molecular formula is C60H102ClFN2O9. The Morgan fingerprint density at radius 1 is 0.575 bits per heavy atom. The molecule has 0 aliphatic rings. The second-order valence-electron chi connectivity index (χ2n) is 19.1. The van der Waals surface area contributed by atoms with Crippen LogP contribution in [0.4, 0.5) is 4.39 Å². The minimum Gasteiger partial charge on any atom is -0.306 e. The SMILES string of the molecule is C/C=C/C(=O)C(C)C.C=C(C#N)C(=O)C(C)C.C=C(F)C(=O)C(C)C.C=CC(=O)C(C)C.CC#CC(=O)C(C)C.CC(C)C(=O)/C=C/CN(C)C.CC(C)C(=O)C(C)Cl.CCC(=O)C(C)C.CCC(=O)C(C)C. The van der Waals surface area contributed by atoms with E-state index >= 15 is 0 Å². The molecule has 0 amide bonds. The summed E-state index contributed by atoms with van der Waals surface area (Å²) in [7, 11) is 3.95. The van der Waals surface area contributed by atoms with Gasteiger partial charge in [0.05, 0.1) is 11.0 Å². The van der Waals surface area contributed by atoms with Crippen molar-refractivity contribution in [3.8, 4) is 17.9 Å². The van der Waals surface area contributed by atoms with Gasteiger partial charge in [-0.3, -0.25) is 43.2 Å². The molecular weight excluding hydrogens is 947 g/mol. The Hall–Kier alpha value is -5.04. The maximum Gasteiger partial charge on any atom is 0.207 e. The summed E-state index contributed by atoms with van der Waals surface area (Å²) in [5.74, 6) is 5.40. The van der Waals surface area contributed by atoms with E-state index in [9.17, 15) is 47.5 Å². The molecule has 0 bridgehead atoms. The maximum atomic E-state index is 11.8. The second-order valence-corrected chi connectivity index (χ2v) is 19.7. The Bertz CT molecular complexity index is 1760. The lowest BCUT2D eigenvalue weighted by atomic mass is 10.0. The van der Waals surface area contributed by atoms with Crippen LogP contribution in [0.15, 0.2) is 61.5 Å². The largest absolute Gasteiger partial charge is 0.306 e. The standard InChI is InChI=1S/C9H17NO.C7H9NO.C7H12O.C7H10O.C6H11ClO.C6H9FO.2C6H12O.C6H10O/c1-8(2)9(11)6-5-7-10(3)4;1-5(2)7(9)6(3)4-8;2*1-4-5-7(8)6(2)3;2*1-4(2)6(8)5(3)7;3*1-4-6(7)5(2)3/h5-6,8H,7H2,1-4H3;5H,3H2,1-2H3;4-6H,1-3H3;6H,1-3H3;4-5H,1-3H3;4H,3H2,1-2H3;2*5H,4H2,1-3H3;4-5H,1H2,2-3H3/b6-5+;;5-4+;;;;;;. The quantitative estimate of drug-likeness (QED) is 0.0395. The zero-order valence-electron chi connectivity index (χ0n) is 50.2. The van der Waals surface area contributed by atoms with E-state index < -0.39 is 11.6 Å². The van der Waals surface area contributed by atoms with Crippen LogP contribution >= 0.6 is 11.6 Å². The summed E-state index contributed by atoms with van der Waals surface area (Å²) in [6, 6.07) is 1.70. The third kappa shape index (κ3) is 71.3. The van der Waals surface area contributed by atoms with E-state index in [0.717, 1.165) is 6.54 Å². The molecule has 13 heteroatoms. The van der Waals surface area contributed by atoms with Crippen LogP contribution in [0.2, 0.25) is 0 Å². The molecule has 0 spiro atoms. The zero-order chi connectivity index (χ0) is 60.5. The second kappa shape index (κ2) is 56.3. The van der Waals surface area contributed by atoms with Gasteiger partial charge in [-0.25, -0.2) is 4.39 Å². The van der Waals surface area contributed by atoms with Crippen LogP contribution in [-0.2, 0) is 43.2 Å². The lowest BCUT2D eigenvalue weighted by molar-refractivity contribution is -0.122. The first kappa shape index (κ1) is 87.7. The first-order valence-electron chi connectivity index (χ1n) is 25.0. The number of halogens is 2. The van der Waals surface area contributed by atoms with Gasteiger partial charge in [-0.15, -0.1) is 11.6 Å². The first-order valence-corrected chi connectivity index (χ1v) is 25.5. The molecule has 0 aromatic heterocycles. The minimum atomic E-state index is -0.847. The molecule has 0 aromatic rings. The van der Waals surface area contributed by atoms with Gasteiger partial charge >= 0.3 is 0 Å². The van der Waals surface area contributed by atoms with Crippen LogP contribution in [0.5, 0.6) is 0 Å². The molecule has 0 heterocycles. The Morgan fingerprint density at radius 3 is 1.03 bits per heavy atom. The monoisotopic (exact) mass is 1050 g/mol. The molecule has 0 aromatic carbocycles. The molecule has 0 aliphatic heterocycles.